The van der Waals surface area contributed by atoms with Crippen molar-refractivity contribution in [2.24, 2.45) is 0 Å². The van der Waals surface area contributed by atoms with Gasteiger partial charge in [0.15, 0.2) is 0 Å². The number of hydrogen-bond acceptors (Lipinski definition) is 5. The summed E-state index contributed by atoms with van der Waals surface area (Å²) in [5.41, 5.74) is 1.04. The molecule has 1 aliphatic rings. The van der Waals surface area contributed by atoms with E-state index < -0.39 is 6.04 Å². The Morgan fingerprint density at radius 2 is 2.24 bits per heavy atom. The molecule has 0 saturated heterocycles. The largest absolute Gasteiger partial charge is 0.491 e. The van der Waals surface area contributed by atoms with E-state index in [1.807, 2.05) is 24.3 Å². The van der Waals surface area contributed by atoms with Gasteiger partial charge in [-0.15, -0.1) is 0 Å². The zero-order valence-electron chi connectivity index (χ0n) is 12.6. The van der Waals surface area contributed by atoms with Crippen LogP contribution in [0.25, 0.3) is 0 Å². The number of esters is 1. The summed E-state index contributed by atoms with van der Waals surface area (Å²) >= 11 is 0. The fourth-order valence-corrected chi connectivity index (χ4v) is 2.03. The molecule has 0 heterocycles. The average Bonchev–Trinajstić information content (AvgIpc) is 3.28. The topological polar surface area (TPSA) is 56.8 Å². The Bertz CT molecular complexity index is 459. The summed E-state index contributed by atoms with van der Waals surface area (Å²) in [6, 6.07) is 7.69. The number of carbonyl (C=O) groups excluding carboxylic acids is 1. The van der Waals surface area contributed by atoms with E-state index >= 15 is 0 Å². The third-order valence-electron chi connectivity index (χ3n) is 3.21. The Hall–Kier alpha value is -1.59. The normalized spacial score (nSPS) is 15.5. The molecule has 1 atom stereocenters. The molecule has 0 spiro atoms. The molecule has 21 heavy (non-hydrogen) atoms. The first-order valence-corrected chi connectivity index (χ1v) is 7.36. The lowest BCUT2D eigenvalue weighted by Crippen LogP contribution is -2.43. The minimum Gasteiger partial charge on any atom is -0.491 e. The predicted molar refractivity (Wildman–Crippen MR) is 79.2 cm³/mol. The van der Waals surface area contributed by atoms with Crippen LogP contribution in [0.4, 0.5) is 0 Å². The molecular formula is C16H23NO4. The van der Waals surface area contributed by atoms with Gasteiger partial charge in [0.1, 0.15) is 18.4 Å². The van der Waals surface area contributed by atoms with Crippen molar-refractivity contribution in [2.45, 2.75) is 38.5 Å². The Labute approximate surface area is 125 Å². The summed E-state index contributed by atoms with van der Waals surface area (Å²) in [5.74, 6) is 0.480. The maximum Gasteiger partial charge on any atom is 0.326 e. The molecule has 0 radical (unpaired) electrons. The molecule has 0 aliphatic heterocycles. The highest BCUT2D eigenvalue weighted by molar-refractivity contribution is 5.76. The summed E-state index contributed by atoms with van der Waals surface area (Å²) in [7, 11) is 1.66. The molecule has 116 valence electrons. The van der Waals surface area contributed by atoms with E-state index in [-0.39, 0.29) is 12.6 Å². The van der Waals surface area contributed by atoms with E-state index in [1.165, 1.54) is 0 Å². The fraction of sp³-hybridized carbons (Fsp3) is 0.562. The molecule has 1 unspecified atom stereocenters. The SMILES string of the molecule is CCOC(=O)C(COc1cccc(COC)c1)NC1CC1. The van der Waals surface area contributed by atoms with Gasteiger partial charge in [0.05, 0.1) is 13.2 Å². The molecule has 1 aromatic rings. The van der Waals surface area contributed by atoms with Crippen LogP contribution in [-0.4, -0.2) is 38.4 Å². The molecule has 1 aromatic carbocycles. The Kier molecular flexibility index (Phi) is 6.02. The molecule has 2 rings (SSSR count). The van der Waals surface area contributed by atoms with Crippen molar-refractivity contribution in [1.29, 1.82) is 0 Å². The summed E-state index contributed by atoms with van der Waals surface area (Å²) in [6.07, 6.45) is 2.22. The van der Waals surface area contributed by atoms with Gasteiger partial charge >= 0.3 is 5.97 Å². The van der Waals surface area contributed by atoms with Gasteiger partial charge in [-0.3, -0.25) is 10.1 Å². The molecule has 1 N–H and O–H groups in total. The van der Waals surface area contributed by atoms with Gasteiger partial charge in [0, 0.05) is 13.2 Å². The molecule has 1 fully saturated rings. The van der Waals surface area contributed by atoms with E-state index in [1.54, 1.807) is 14.0 Å². The van der Waals surface area contributed by atoms with E-state index in [2.05, 4.69) is 5.32 Å². The molecule has 1 aliphatic carbocycles. The Balaban J connectivity index is 1.90. The van der Waals surface area contributed by atoms with Crippen molar-refractivity contribution in [3.63, 3.8) is 0 Å². The Morgan fingerprint density at radius 3 is 2.90 bits per heavy atom. The fourth-order valence-electron chi connectivity index (χ4n) is 2.03. The Morgan fingerprint density at radius 1 is 1.43 bits per heavy atom. The van der Waals surface area contributed by atoms with Crippen LogP contribution in [0.3, 0.4) is 0 Å². The average molecular weight is 293 g/mol. The number of hydrogen-bond donors (Lipinski definition) is 1. The molecule has 0 aromatic heterocycles. The highest BCUT2D eigenvalue weighted by Crippen LogP contribution is 2.20. The zero-order valence-corrected chi connectivity index (χ0v) is 12.6. The van der Waals surface area contributed by atoms with Crippen molar-refractivity contribution in [3.8, 4) is 5.75 Å². The minimum atomic E-state index is -0.413. The number of rotatable bonds is 9. The summed E-state index contributed by atoms with van der Waals surface area (Å²) in [4.78, 5) is 11.9. The van der Waals surface area contributed by atoms with E-state index in [0.717, 1.165) is 24.2 Å². The van der Waals surface area contributed by atoms with Crippen LogP contribution >= 0.6 is 0 Å². The van der Waals surface area contributed by atoms with Crippen LogP contribution < -0.4 is 10.1 Å². The van der Waals surface area contributed by atoms with Crippen molar-refractivity contribution in [1.82, 2.24) is 5.32 Å². The van der Waals surface area contributed by atoms with Gasteiger partial charge in [0.25, 0.3) is 0 Å². The lowest BCUT2D eigenvalue weighted by atomic mass is 10.2. The first-order chi connectivity index (χ1) is 10.2. The zero-order chi connectivity index (χ0) is 15.1. The molecule has 5 heteroatoms. The van der Waals surface area contributed by atoms with Crippen molar-refractivity contribution in [2.75, 3.05) is 20.3 Å². The summed E-state index contributed by atoms with van der Waals surface area (Å²) in [6.45, 7) is 3.00. The molecule has 0 amide bonds. The van der Waals surface area contributed by atoms with E-state index in [0.29, 0.717) is 19.3 Å². The second-order valence-corrected chi connectivity index (χ2v) is 5.14. The standard InChI is InChI=1S/C16H23NO4/c1-3-20-16(18)15(17-13-7-8-13)11-21-14-6-4-5-12(9-14)10-19-2/h4-6,9,13,15,17H,3,7-8,10-11H2,1-2H3. The summed E-state index contributed by atoms with van der Waals surface area (Å²) < 4.78 is 15.9. The maximum atomic E-state index is 11.9. The van der Waals surface area contributed by atoms with E-state index in [9.17, 15) is 4.79 Å². The van der Waals surface area contributed by atoms with Crippen LogP contribution in [0.2, 0.25) is 0 Å². The molecule has 0 bridgehead atoms. The first kappa shape index (κ1) is 15.8. The van der Waals surface area contributed by atoms with Crippen molar-refractivity contribution < 1.29 is 19.0 Å². The summed E-state index contributed by atoms with van der Waals surface area (Å²) in [5, 5.41) is 3.26. The third-order valence-corrected chi connectivity index (χ3v) is 3.21. The van der Waals surface area contributed by atoms with Crippen molar-refractivity contribution in [3.05, 3.63) is 29.8 Å². The number of methoxy groups -OCH3 is 1. The third kappa shape index (κ3) is 5.36. The van der Waals surface area contributed by atoms with Gasteiger partial charge in [-0.1, -0.05) is 12.1 Å². The maximum absolute atomic E-state index is 11.9. The molecule has 1 saturated carbocycles. The number of benzene rings is 1. The second-order valence-electron chi connectivity index (χ2n) is 5.14. The van der Waals surface area contributed by atoms with Gasteiger partial charge in [-0.2, -0.15) is 0 Å². The van der Waals surface area contributed by atoms with Crippen LogP contribution in [-0.2, 0) is 20.9 Å². The first-order valence-electron chi connectivity index (χ1n) is 7.36. The van der Waals surface area contributed by atoms with Gasteiger partial charge < -0.3 is 14.2 Å². The number of ether oxygens (including phenoxy) is 3. The predicted octanol–water partition coefficient (Wildman–Crippen LogP) is 1.90. The molecular weight excluding hydrogens is 270 g/mol. The van der Waals surface area contributed by atoms with Crippen LogP contribution in [0.15, 0.2) is 24.3 Å². The van der Waals surface area contributed by atoms with Crippen LogP contribution in [0.1, 0.15) is 25.3 Å². The van der Waals surface area contributed by atoms with Gasteiger partial charge in [0.2, 0.25) is 0 Å². The van der Waals surface area contributed by atoms with Crippen LogP contribution in [0.5, 0.6) is 5.75 Å². The highest BCUT2D eigenvalue weighted by atomic mass is 16.5. The van der Waals surface area contributed by atoms with Gasteiger partial charge in [-0.25, -0.2) is 0 Å². The van der Waals surface area contributed by atoms with E-state index in [4.69, 9.17) is 14.2 Å². The second kappa shape index (κ2) is 8.00. The number of nitrogens with one attached hydrogen (secondary N) is 1. The van der Waals surface area contributed by atoms with Gasteiger partial charge in [-0.05, 0) is 37.5 Å². The minimum absolute atomic E-state index is 0.252. The number of carbonyl (C=O) groups is 1. The van der Waals surface area contributed by atoms with Crippen LogP contribution in [0, 0.1) is 0 Å². The van der Waals surface area contributed by atoms with Crippen molar-refractivity contribution >= 4 is 5.97 Å². The smallest absolute Gasteiger partial charge is 0.326 e. The lowest BCUT2D eigenvalue weighted by molar-refractivity contribution is -0.146. The quantitative estimate of drug-likeness (QED) is 0.705. The molecule has 5 nitrogen and oxygen atoms in total. The highest BCUT2D eigenvalue weighted by Gasteiger charge is 2.29. The monoisotopic (exact) mass is 293 g/mol. The lowest BCUT2D eigenvalue weighted by Gasteiger charge is -2.18.